The minimum absolute atomic E-state index is 0.0200. The van der Waals surface area contributed by atoms with Gasteiger partial charge in [-0.2, -0.15) is 0 Å². The number of aryl methyl sites for hydroxylation is 1. The molecule has 6 heteroatoms. The predicted molar refractivity (Wildman–Crippen MR) is 108 cm³/mol. The molecule has 1 aromatic heterocycles. The van der Waals surface area contributed by atoms with Crippen molar-refractivity contribution in [3.8, 4) is 5.75 Å². The van der Waals surface area contributed by atoms with Crippen LogP contribution in [-0.2, 0) is 9.59 Å². The molecule has 28 heavy (non-hydrogen) atoms. The highest BCUT2D eigenvalue weighted by molar-refractivity contribution is 5.97. The molecule has 0 saturated carbocycles. The second-order valence-corrected chi connectivity index (χ2v) is 7.12. The number of methoxy groups -OCH3 is 1. The summed E-state index contributed by atoms with van der Waals surface area (Å²) in [6, 6.07) is 12.8. The van der Waals surface area contributed by atoms with Crippen LogP contribution in [0.3, 0.4) is 0 Å². The van der Waals surface area contributed by atoms with Crippen LogP contribution in [0.15, 0.2) is 42.5 Å². The molecule has 0 radical (unpaired) electrons. The van der Waals surface area contributed by atoms with Gasteiger partial charge in [0.25, 0.3) is 0 Å². The van der Waals surface area contributed by atoms with Crippen LogP contribution in [0.5, 0.6) is 5.75 Å². The van der Waals surface area contributed by atoms with Crippen LogP contribution in [0.2, 0.25) is 0 Å². The number of nitrogens with one attached hydrogen (secondary N) is 1. The second kappa shape index (κ2) is 8.87. The first kappa shape index (κ1) is 19.9. The largest absolute Gasteiger partial charge is 0.497 e. The Morgan fingerprint density at radius 1 is 1.25 bits per heavy atom. The summed E-state index contributed by atoms with van der Waals surface area (Å²) in [6.45, 7) is 4.62. The van der Waals surface area contributed by atoms with E-state index in [-0.39, 0.29) is 24.3 Å². The van der Waals surface area contributed by atoms with E-state index in [1.54, 1.807) is 13.2 Å². The number of anilines is 1. The van der Waals surface area contributed by atoms with Gasteiger partial charge in [0, 0.05) is 18.7 Å². The highest BCUT2D eigenvalue weighted by Crippen LogP contribution is 2.39. The Morgan fingerprint density at radius 3 is 2.64 bits per heavy atom. The average molecular weight is 381 g/mol. The number of carbonyl (C=O) groups is 2. The van der Waals surface area contributed by atoms with Gasteiger partial charge >= 0.3 is 0 Å². The molecule has 2 amide bonds. The number of unbranched alkanes of at least 4 members (excludes halogenated alkanes) is 1. The highest BCUT2D eigenvalue weighted by Gasteiger charge is 2.44. The molecule has 2 atom stereocenters. The van der Waals surface area contributed by atoms with Crippen molar-refractivity contribution in [2.24, 2.45) is 5.92 Å². The van der Waals surface area contributed by atoms with E-state index < -0.39 is 5.92 Å². The number of amides is 2. The standard InChI is InChI=1S/C22H27N3O3/c1-4-5-13-25-20(26)14-18(21(25)16-9-11-17(28-3)12-10-16)22(27)24-19-8-6-7-15(2)23-19/h6-12,18,21H,4-5,13-14H2,1-3H3,(H,23,24,27). The van der Waals surface area contributed by atoms with Crippen molar-refractivity contribution in [1.29, 1.82) is 0 Å². The van der Waals surface area contributed by atoms with E-state index in [1.807, 2.05) is 48.2 Å². The van der Waals surface area contributed by atoms with E-state index in [2.05, 4.69) is 17.2 Å². The lowest BCUT2D eigenvalue weighted by atomic mass is 9.92. The Labute approximate surface area is 165 Å². The second-order valence-electron chi connectivity index (χ2n) is 7.12. The lowest BCUT2D eigenvalue weighted by Crippen LogP contribution is -2.33. The van der Waals surface area contributed by atoms with Crippen LogP contribution in [-0.4, -0.2) is 35.4 Å². The van der Waals surface area contributed by atoms with Crippen molar-refractivity contribution >= 4 is 17.6 Å². The smallest absolute Gasteiger partial charge is 0.231 e. The molecule has 2 aromatic rings. The highest BCUT2D eigenvalue weighted by atomic mass is 16.5. The molecule has 0 aliphatic carbocycles. The number of hydrogen-bond donors (Lipinski definition) is 1. The number of pyridine rings is 1. The van der Waals surface area contributed by atoms with E-state index in [4.69, 9.17) is 4.74 Å². The van der Waals surface area contributed by atoms with Gasteiger partial charge in [-0.15, -0.1) is 0 Å². The molecular formula is C22H27N3O3. The summed E-state index contributed by atoms with van der Waals surface area (Å²) in [7, 11) is 1.62. The maximum absolute atomic E-state index is 13.0. The lowest BCUT2D eigenvalue weighted by Gasteiger charge is -2.28. The number of rotatable bonds is 7. The maximum atomic E-state index is 13.0. The van der Waals surface area contributed by atoms with E-state index >= 15 is 0 Å². The fraction of sp³-hybridized carbons (Fsp3) is 0.409. The van der Waals surface area contributed by atoms with Crippen LogP contribution < -0.4 is 10.1 Å². The van der Waals surface area contributed by atoms with Crippen molar-refractivity contribution in [2.45, 2.75) is 39.2 Å². The van der Waals surface area contributed by atoms with Gasteiger partial charge in [-0.1, -0.05) is 31.5 Å². The summed E-state index contributed by atoms with van der Waals surface area (Å²) < 4.78 is 5.24. The Morgan fingerprint density at radius 2 is 2.00 bits per heavy atom. The fourth-order valence-corrected chi connectivity index (χ4v) is 3.66. The Kier molecular flexibility index (Phi) is 6.29. The monoisotopic (exact) mass is 381 g/mol. The summed E-state index contributed by atoms with van der Waals surface area (Å²) in [5.74, 6) is 0.647. The van der Waals surface area contributed by atoms with Gasteiger partial charge in [0.15, 0.2) is 0 Å². The Hall–Kier alpha value is -2.89. The number of benzene rings is 1. The number of hydrogen-bond acceptors (Lipinski definition) is 4. The molecule has 148 valence electrons. The summed E-state index contributed by atoms with van der Waals surface area (Å²) in [5.41, 5.74) is 1.77. The van der Waals surface area contributed by atoms with Gasteiger partial charge in [-0.05, 0) is 43.2 Å². The van der Waals surface area contributed by atoms with Gasteiger partial charge < -0.3 is 15.0 Å². The van der Waals surface area contributed by atoms with E-state index in [1.165, 1.54) is 0 Å². The molecule has 2 unspecified atom stereocenters. The van der Waals surface area contributed by atoms with Crippen LogP contribution in [0, 0.1) is 12.8 Å². The fourth-order valence-electron chi connectivity index (χ4n) is 3.66. The zero-order valence-electron chi connectivity index (χ0n) is 16.6. The van der Waals surface area contributed by atoms with Crippen LogP contribution >= 0.6 is 0 Å². The normalized spacial score (nSPS) is 19.0. The third-order valence-electron chi connectivity index (χ3n) is 5.12. The quantitative estimate of drug-likeness (QED) is 0.793. The first-order chi connectivity index (χ1) is 13.5. The molecule has 1 aromatic carbocycles. The zero-order chi connectivity index (χ0) is 20.1. The van der Waals surface area contributed by atoms with Crippen molar-refractivity contribution in [2.75, 3.05) is 19.0 Å². The first-order valence-electron chi connectivity index (χ1n) is 9.71. The lowest BCUT2D eigenvalue weighted by molar-refractivity contribution is -0.129. The van der Waals surface area contributed by atoms with Crippen molar-refractivity contribution in [3.05, 3.63) is 53.7 Å². The SMILES string of the molecule is CCCCN1C(=O)CC(C(=O)Nc2cccc(C)n2)C1c1ccc(OC)cc1. The van der Waals surface area contributed by atoms with Crippen LogP contribution in [0.25, 0.3) is 0 Å². The zero-order valence-corrected chi connectivity index (χ0v) is 16.6. The molecule has 1 fully saturated rings. The van der Waals surface area contributed by atoms with Gasteiger partial charge in [-0.3, -0.25) is 9.59 Å². The van der Waals surface area contributed by atoms with Gasteiger partial charge in [-0.25, -0.2) is 4.98 Å². The topological polar surface area (TPSA) is 71.5 Å². The minimum atomic E-state index is -0.458. The summed E-state index contributed by atoms with van der Waals surface area (Å²) >= 11 is 0. The maximum Gasteiger partial charge on any atom is 0.231 e. The molecule has 1 aliphatic heterocycles. The third-order valence-corrected chi connectivity index (χ3v) is 5.12. The molecule has 3 rings (SSSR count). The number of nitrogens with zero attached hydrogens (tertiary/aromatic N) is 2. The molecule has 1 saturated heterocycles. The van der Waals surface area contributed by atoms with E-state index in [0.717, 1.165) is 29.8 Å². The average Bonchev–Trinajstić information content (AvgIpc) is 3.03. The molecule has 6 nitrogen and oxygen atoms in total. The number of carbonyl (C=O) groups excluding carboxylic acids is 2. The van der Waals surface area contributed by atoms with Crippen LogP contribution in [0.4, 0.5) is 5.82 Å². The molecular weight excluding hydrogens is 354 g/mol. The Balaban J connectivity index is 1.87. The van der Waals surface area contributed by atoms with E-state index in [9.17, 15) is 9.59 Å². The Bertz CT molecular complexity index is 835. The third kappa shape index (κ3) is 4.32. The predicted octanol–water partition coefficient (Wildman–Crippen LogP) is 3.73. The molecule has 0 spiro atoms. The van der Waals surface area contributed by atoms with Gasteiger partial charge in [0.05, 0.1) is 19.1 Å². The molecule has 1 N–H and O–H groups in total. The molecule has 1 aliphatic rings. The van der Waals surface area contributed by atoms with Crippen molar-refractivity contribution < 1.29 is 14.3 Å². The molecule has 0 bridgehead atoms. The number of ether oxygens (including phenoxy) is 1. The van der Waals surface area contributed by atoms with Crippen molar-refractivity contribution in [3.63, 3.8) is 0 Å². The number of aromatic nitrogens is 1. The first-order valence-corrected chi connectivity index (χ1v) is 9.71. The molecule has 2 heterocycles. The van der Waals surface area contributed by atoms with E-state index in [0.29, 0.717) is 12.4 Å². The summed E-state index contributed by atoms with van der Waals surface area (Å²) in [6.07, 6.45) is 2.10. The summed E-state index contributed by atoms with van der Waals surface area (Å²) in [4.78, 5) is 31.9. The number of likely N-dealkylation sites (tertiary alicyclic amines) is 1. The van der Waals surface area contributed by atoms with Gasteiger partial charge in [0.2, 0.25) is 11.8 Å². The minimum Gasteiger partial charge on any atom is -0.497 e. The van der Waals surface area contributed by atoms with Crippen molar-refractivity contribution in [1.82, 2.24) is 9.88 Å². The summed E-state index contributed by atoms with van der Waals surface area (Å²) in [5, 5.41) is 2.89. The van der Waals surface area contributed by atoms with Crippen LogP contribution in [0.1, 0.15) is 43.5 Å². The van der Waals surface area contributed by atoms with Gasteiger partial charge in [0.1, 0.15) is 11.6 Å².